The highest BCUT2D eigenvalue weighted by Crippen LogP contribution is 2.09. The minimum absolute atomic E-state index is 0.0849. The molecular formula is C8H9N3O2S. The highest BCUT2D eigenvalue weighted by Gasteiger charge is 2.10. The second-order valence-corrected chi connectivity index (χ2v) is 4.31. The number of nitriles is 1. The number of hydrogen-bond acceptors (Lipinski definition) is 4. The van der Waals surface area contributed by atoms with Gasteiger partial charge in [0, 0.05) is 0 Å². The first kappa shape index (κ1) is 10.7. The molecule has 74 valence electrons. The van der Waals surface area contributed by atoms with E-state index >= 15 is 0 Å². The number of nitrogens with one attached hydrogen (secondary N) is 1. The molecule has 0 bridgehead atoms. The first-order valence-corrected chi connectivity index (χ1v) is 5.27. The Labute approximate surface area is 82.2 Å². The summed E-state index contributed by atoms with van der Waals surface area (Å²) in [5, 5.41) is 8.39. The molecule has 0 aromatic heterocycles. The second kappa shape index (κ2) is 4.19. The Balaban J connectivity index is 3.01. The molecule has 6 heteroatoms. The largest absolute Gasteiger partial charge is 0.257 e. The lowest BCUT2D eigenvalue weighted by atomic mass is 10.2. The Kier molecular flexibility index (Phi) is 3.19. The average molecular weight is 211 g/mol. The third kappa shape index (κ3) is 2.29. The third-order valence-electron chi connectivity index (χ3n) is 1.67. The van der Waals surface area contributed by atoms with Gasteiger partial charge in [0.2, 0.25) is 0 Å². The molecule has 0 aliphatic heterocycles. The first-order chi connectivity index (χ1) is 6.60. The number of rotatable bonds is 3. The summed E-state index contributed by atoms with van der Waals surface area (Å²) < 4.78 is 22.3. The Morgan fingerprint density at radius 1 is 1.36 bits per heavy atom. The topological polar surface area (TPSA) is 96.0 Å². The predicted molar refractivity (Wildman–Crippen MR) is 50.3 cm³/mol. The molecule has 0 amide bonds. The first-order valence-electron chi connectivity index (χ1n) is 3.78. The molecule has 0 heterocycles. The molecule has 1 aromatic carbocycles. The van der Waals surface area contributed by atoms with Crippen LogP contribution < -0.4 is 10.7 Å². The number of benzene rings is 1. The van der Waals surface area contributed by atoms with Crippen molar-refractivity contribution in [2.75, 3.05) is 0 Å². The van der Waals surface area contributed by atoms with Crippen molar-refractivity contribution in [3.8, 4) is 6.07 Å². The van der Waals surface area contributed by atoms with Crippen LogP contribution in [0.15, 0.2) is 29.2 Å². The van der Waals surface area contributed by atoms with Gasteiger partial charge in [0.25, 0.3) is 10.0 Å². The van der Waals surface area contributed by atoms with Crippen molar-refractivity contribution in [3.05, 3.63) is 29.8 Å². The number of nitrogens with two attached hydrogens (primary N) is 1. The quantitative estimate of drug-likeness (QED) is 0.539. The van der Waals surface area contributed by atoms with E-state index in [1.54, 1.807) is 17.0 Å². The van der Waals surface area contributed by atoms with Crippen LogP contribution in [0.5, 0.6) is 0 Å². The Hall–Kier alpha value is -1.42. The third-order valence-corrected chi connectivity index (χ3v) is 2.88. The molecular weight excluding hydrogens is 202 g/mol. The number of hydrogen-bond donors (Lipinski definition) is 2. The van der Waals surface area contributed by atoms with E-state index in [9.17, 15) is 8.42 Å². The lowest BCUT2D eigenvalue weighted by Crippen LogP contribution is -2.30. The lowest BCUT2D eigenvalue weighted by Gasteiger charge is -2.01. The maximum Gasteiger partial charge on any atom is 0.253 e. The van der Waals surface area contributed by atoms with Gasteiger partial charge < -0.3 is 0 Å². The van der Waals surface area contributed by atoms with E-state index in [4.69, 9.17) is 11.1 Å². The van der Waals surface area contributed by atoms with E-state index < -0.39 is 10.0 Å². The summed E-state index contributed by atoms with van der Waals surface area (Å²) in [5.41, 5.74) is 0.767. The van der Waals surface area contributed by atoms with Crippen molar-refractivity contribution in [2.24, 2.45) is 5.84 Å². The molecule has 14 heavy (non-hydrogen) atoms. The zero-order chi connectivity index (χ0) is 10.6. The van der Waals surface area contributed by atoms with Gasteiger partial charge in [0.15, 0.2) is 0 Å². The van der Waals surface area contributed by atoms with Crippen LogP contribution in [0.25, 0.3) is 0 Å². The molecule has 1 rings (SSSR count). The fourth-order valence-electron chi connectivity index (χ4n) is 0.946. The fraction of sp³-hybridized carbons (Fsp3) is 0.125. The Morgan fingerprint density at radius 2 is 1.93 bits per heavy atom. The van der Waals surface area contributed by atoms with Gasteiger partial charge in [-0.15, -0.1) is 0 Å². The van der Waals surface area contributed by atoms with Crippen molar-refractivity contribution in [3.63, 3.8) is 0 Å². The minimum Gasteiger partial charge on any atom is -0.257 e. The molecule has 0 fully saturated rings. The van der Waals surface area contributed by atoms with Crippen molar-refractivity contribution in [1.29, 1.82) is 5.26 Å². The highest BCUT2D eigenvalue weighted by molar-refractivity contribution is 7.89. The summed E-state index contributed by atoms with van der Waals surface area (Å²) in [5.74, 6) is 4.84. The van der Waals surface area contributed by atoms with Gasteiger partial charge in [-0.1, -0.05) is 12.1 Å². The Bertz CT molecular complexity index is 444. The SMILES string of the molecule is N#CCc1ccc(S(=O)(=O)NN)cc1. The summed E-state index contributed by atoms with van der Waals surface area (Å²) in [7, 11) is -3.59. The van der Waals surface area contributed by atoms with Crippen LogP contribution in [-0.4, -0.2) is 8.42 Å². The van der Waals surface area contributed by atoms with E-state index in [0.29, 0.717) is 0 Å². The van der Waals surface area contributed by atoms with Crippen LogP contribution in [0.2, 0.25) is 0 Å². The summed E-state index contributed by atoms with van der Waals surface area (Å²) in [6.45, 7) is 0. The summed E-state index contributed by atoms with van der Waals surface area (Å²) >= 11 is 0. The molecule has 5 nitrogen and oxygen atoms in total. The molecule has 0 aliphatic carbocycles. The molecule has 0 saturated carbocycles. The van der Waals surface area contributed by atoms with Crippen LogP contribution >= 0.6 is 0 Å². The molecule has 3 N–H and O–H groups in total. The normalized spacial score (nSPS) is 10.9. The van der Waals surface area contributed by atoms with Crippen molar-refractivity contribution < 1.29 is 8.42 Å². The highest BCUT2D eigenvalue weighted by atomic mass is 32.2. The maximum absolute atomic E-state index is 11.2. The summed E-state index contributed by atoms with van der Waals surface area (Å²) in [6, 6.07) is 7.93. The van der Waals surface area contributed by atoms with Gasteiger partial charge in [-0.3, -0.25) is 5.84 Å². The molecule has 0 atom stereocenters. The number of nitrogens with zero attached hydrogens (tertiary/aromatic N) is 1. The van der Waals surface area contributed by atoms with E-state index in [2.05, 4.69) is 0 Å². The standard InChI is InChI=1S/C8H9N3O2S/c9-6-5-7-1-3-8(4-2-7)14(12,13)11-10/h1-4,11H,5,10H2. The zero-order valence-electron chi connectivity index (χ0n) is 7.27. The van der Waals surface area contributed by atoms with Crippen molar-refractivity contribution in [2.45, 2.75) is 11.3 Å². The maximum atomic E-state index is 11.2. The summed E-state index contributed by atoms with van der Waals surface area (Å²) in [4.78, 5) is 1.80. The molecule has 0 saturated heterocycles. The van der Waals surface area contributed by atoms with Crippen LogP contribution in [0, 0.1) is 11.3 Å². The van der Waals surface area contributed by atoms with Crippen LogP contribution in [0.4, 0.5) is 0 Å². The smallest absolute Gasteiger partial charge is 0.253 e. The van der Waals surface area contributed by atoms with Crippen molar-refractivity contribution >= 4 is 10.0 Å². The van der Waals surface area contributed by atoms with Gasteiger partial charge in [0.05, 0.1) is 17.4 Å². The predicted octanol–water partition coefficient (Wildman–Crippen LogP) is -0.0953. The second-order valence-electron chi connectivity index (χ2n) is 2.60. The molecule has 0 aliphatic rings. The van der Waals surface area contributed by atoms with E-state index in [0.717, 1.165) is 5.56 Å². The zero-order valence-corrected chi connectivity index (χ0v) is 8.08. The van der Waals surface area contributed by atoms with Gasteiger partial charge in [-0.25, -0.2) is 8.42 Å². The fourth-order valence-corrected chi connectivity index (χ4v) is 1.58. The van der Waals surface area contributed by atoms with Crippen molar-refractivity contribution in [1.82, 2.24) is 4.83 Å². The molecule has 0 radical (unpaired) electrons. The Morgan fingerprint density at radius 3 is 2.36 bits per heavy atom. The van der Waals surface area contributed by atoms with Gasteiger partial charge in [0.1, 0.15) is 0 Å². The molecule has 0 unspecified atom stereocenters. The van der Waals surface area contributed by atoms with Crippen LogP contribution in [0.3, 0.4) is 0 Å². The molecule has 1 aromatic rings. The minimum atomic E-state index is -3.59. The van der Waals surface area contributed by atoms with Crippen LogP contribution in [-0.2, 0) is 16.4 Å². The number of hydrazine groups is 1. The lowest BCUT2D eigenvalue weighted by molar-refractivity contribution is 0.584. The van der Waals surface area contributed by atoms with E-state index in [-0.39, 0.29) is 11.3 Å². The van der Waals surface area contributed by atoms with Crippen LogP contribution in [0.1, 0.15) is 5.56 Å². The average Bonchev–Trinajstić information content (AvgIpc) is 2.19. The van der Waals surface area contributed by atoms with E-state index in [1.807, 2.05) is 6.07 Å². The van der Waals surface area contributed by atoms with E-state index in [1.165, 1.54) is 12.1 Å². The van der Waals surface area contributed by atoms with Gasteiger partial charge >= 0.3 is 0 Å². The van der Waals surface area contributed by atoms with Gasteiger partial charge in [-0.05, 0) is 17.7 Å². The number of sulfonamides is 1. The molecule has 0 spiro atoms. The monoisotopic (exact) mass is 211 g/mol. The summed E-state index contributed by atoms with van der Waals surface area (Å²) in [6.07, 6.45) is 0.260. The van der Waals surface area contributed by atoms with Gasteiger partial charge in [-0.2, -0.15) is 10.1 Å².